The number of carbonyl (C=O) groups excluding carboxylic acids is 1. The Balaban J connectivity index is 2.49. The minimum absolute atomic E-state index is 0.105. The summed E-state index contributed by atoms with van der Waals surface area (Å²) in [6.07, 6.45) is 3.00. The van der Waals surface area contributed by atoms with Crippen molar-refractivity contribution in [2.24, 2.45) is 0 Å². The Morgan fingerprint density at radius 2 is 1.79 bits per heavy atom. The molecule has 2 aromatic carbocycles. The third kappa shape index (κ3) is 4.86. The summed E-state index contributed by atoms with van der Waals surface area (Å²) in [6, 6.07) is 8.85. The summed E-state index contributed by atoms with van der Waals surface area (Å²) in [5, 5.41) is 11.4. The summed E-state index contributed by atoms with van der Waals surface area (Å²) >= 11 is 6.14. The Kier molecular flexibility index (Phi) is 7.91. The molecule has 0 saturated carbocycles. The molecular weight excluding hydrogens is 378 g/mol. The van der Waals surface area contributed by atoms with Crippen LogP contribution in [0.1, 0.15) is 35.3 Å². The maximum Gasteiger partial charge on any atom is 0.193 e. The molecule has 5 nitrogen and oxygen atoms in total. The van der Waals surface area contributed by atoms with Crippen molar-refractivity contribution in [3.8, 4) is 17.2 Å². The number of benzene rings is 2. The van der Waals surface area contributed by atoms with E-state index in [1.165, 1.54) is 20.3 Å². The lowest BCUT2D eigenvalue weighted by Crippen LogP contribution is -2.23. The number of phenolic OH excluding ortho intramolecular Hbond substituents is 1. The maximum absolute atomic E-state index is 12.9. The highest BCUT2D eigenvalue weighted by atomic mass is 35.5. The molecule has 0 amide bonds. The van der Waals surface area contributed by atoms with Crippen LogP contribution in [0.4, 0.5) is 0 Å². The first-order valence-corrected chi connectivity index (χ1v) is 9.50. The highest BCUT2D eigenvalue weighted by Gasteiger charge is 2.24. The zero-order chi connectivity index (χ0) is 20.7. The van der Waals surface area contributed by atoms with E-state index in [4.69, 9.17) is 21.1 Å². The van der Waals surface area contributed by atoms with E-state index in [1.54, 1.807) is 18.2 Å². The van der Waals surface area contributed by atoms with E-state index in [9.17, 15) is 9.90 Å². The summed E-state index contributed by atoms with van der Waals surface area (Å²) in [5.41, 5.74) is 1.38. The lowest BCUT2D eigenvalue weighted by Gasteiger charge is -2.22. The highest BCUT2D eigenvalue weighted by molar-refractivity contribution is 6.32. The third-order valence-electron chi connectivity index (χ3n) is 4.61. The number of carbonyl (C=O) groups is 1. The molecular formula is C22H26ClNO4. The standard InChI is InChI=1S/C22H26ClNO4/c1-5-24(6-2)14-16-19(27-3)13-20(28-4)21(22(16)26)18(25)12-11-15-9-7-8-10-17(15)23/h7-13,26H,5-6,14H2,1-4H3/b12-11+. The second-order valence-electron chi connectivity index (χ2n) is 6.16. The van der Waals surface area contributed by atoms with Crippen molar-refractivity contribution in [2.75, 3.05) is 27.3 Å². The van der Waals surface area contributed by atoms with E-state index in [0.29, 0.717) is 28.4 Å². The van der Waals surface area contributed by atoms with E-state index in [1.807, 2.05) is 32.0 Å². The first-order chi connectivity index (χ1) is 13.5. The fourth-order valence-corrected chi connectivity index (χ4v) is 3.13. The number of hydrogen-bond donors (Lipinski definition) is 1. The van der Waals surface area contributed by atoms with Gasteiger partial charge in [0.15, 0.2) is 5.78 Å². The van der Waals surface area contributed by atoms with E-state index >= 15 is 0 Å². The van der Waals surface area contributed by atoms with Crippen molar-refractivity contribution in [2.45, 2.75) is 20.4 Å². The number of aromatic hydroxyl groups is 1. The van der Waals surface area contributed by atoms with Gasteiger partial charge in [0.25, 0.3) is 0 Å². The predicted octanol–water partition coefficient (Wildman–Crippen LogP) is 4.80. The van der Waals surface area contributed by atoms with Crippen LogP contribution in [0.2, 0.25) is 5.02 Å². The fourth-order valence-electron chi connectivity index (χ4n) is 2.93. The molecule has 0 fully saturated rings. The first-order valence-electron chi connectivity index (χ1n) is 9.12. The molecule has 0 bridgehead atoms. The van der Waals surface area contributed by atoms with Crippen LogP contribution in [0.15, 0.2) is 36.4 Å². The summed E-state index contributed by atoms with van der Waals surface area (Å²) in [5.74, 6) is 0.231. The number of hydrogen-bond acceptors (Lipinski definition) is 5. The van der Waals surface area contributed by atoms with Crippen molar-refractivity contribution >= 4 is 23.5 Å². The molecule has 150 valence electrons. The Bertz CT molecular complexity index is 860. The van der Waals surface area contributed by atoms with E-state index < -0.39 is 0 Å². The van der Waals surface area contributed by atoms with Gasteiger partial charge in [0.1, 0.15) is 22.8 Å². The molecule has 0 aliphatic carbocycles. The Morgan fingerprint density at radius 3 is 2.36 bits per heavy atom. The minimum Gasteiger partial charge on any atom is -0.507 e. The lowest BCUT2D eigenvalue weighted by molar-refractivity contribution is 0.104. The molecule has 0 radical (unpaired) electrons. The molecule has 0 heterocycles. The number of ether oxygens (including phenoxy) is 2. The zero-order valence-corrected chi connectivity index (χ0v) is 17.4. The molecule has 28 heavy (non-hydrogen) atoms. The first kappa shape index (κ1) is 21.8. The monoisotopic (exact) mass is 403 g/mol. The zero-order valence-electron chi connectivity index (χ0n) is 16.7. The molecule has 0 aliphatic heterocycles. The average molecular weight is 404 g/mol. The number of halogens is 1. The van der Waals surface area contributed by atoms with Gasteiger partial charge in [0.2, 0.25) is 0 Å². The van der Waals surface area contributed by atoms with Crippen LogP contribution in [-0.2, 0) is 6.54 Å². The van der Waals surface area contributed by atoms with Gasteiger partial charge < -0.3 is 14.6 Å². The lowest BCUT2D eigenvalue weighted by atomic mass is 10.0. The molecule has 0 aromatic heterocycles. The summed E-state index contributed by atoms with van der Waals surface area (Å²) in [7, 11) is 2.98. The van der Waals surface area contributed by atoms with Gasteiger partial charge in [-0.05, 0) is 36.9 Å². The normalized spacial score (nSPS) is 11.2. The van der Waals surface area contributed by atoms with Gasteiger partial charge in [-0.15, -0.1) is 0 Å². The number of rotatable bonds is 9. The van der Waals surface area contributed by atoms with Crippen molar-refractivity contribution in [1.82, 2.24) is 4.90 Å². The Hall–Kier alpha value is -2.50. The fraction of sp³-hybridized carbons (Fsp3) is 0.318. The molecule has 0 saturated heterocycles. The quantitative estimate of drug-likeness (QED) is 0.481. The summed E-state index contributed by atoms with van der Waals surface area (Å²) in [6.45, 7) is 6.14. The van der Waals surface area contributed by atoms with Gasteiger partial charge in [-0.1, -0.05) is 43.6 Å². The smallest absolute Gasteiger partial charge is 0.193 e. The number of phenols is 1. The molecule has 0 unspecified atom stereocenters. The maximum atomic E-state index is 12.9. The van der Waals surface area contributed by atoms with Gasteiger partial charge in [-0.3, -0.25) is 9.69 Å². The molecule has 0 atom stereocenters. The topological polar surface area (TPSA) is 59.0 Å². The third-order valence-corrected chi connectivity index (χ3v) is 4.95. The van der Waals surface area contributed by atoms with Crippen LogP contribution >= 0.6 is 11.6 Å². The van der Waals surface area contributed by atoms with Crippen LogP contribution in [-0.4, -0.2) is 43.1 Å². The van der Waals surface area contributed by atoms with Crippen LogP contribution in [0.3, 0.4) is 0 Å². The largest absolute Gasteiger partial charge is 0.507 e. The Labute approximate surface area is 171 Å². The number of nitrogens with zero attached hydrogens (tertiary/aromatic N) is 1. The molecule has 1 N–H and O–H groups in total. The highest BCUT2D eigenvalue weighted by Crippen LogP contribution is 2.39. The predicted molar refractivity (Wildman–Crippen MR) is 113 cm³/mol. The van der Waals surface area contributed by atoms with E-state index in [2.05, 4.69) is 4.90 Å². The van der Waals surface area contributed by atoms with Gasteiger partial charge in [-0.2, -0.15) is 0 Å². The molecule has 0 spiro atoms. The van der Waals surface area contributed by atoms with Gasteiger partial charge >= 0.3 is 0 Å². The molecule has 2 rings (SSSR count). The average Bonchev–Trinajstić information content (AvgIpc) is 2.71. The van der Waals surface area contributed by atoms with E-state index in [-0.39, 0.29) is 22.8 Å². The Morgan fingerprint density at radius 1 is 1.14 bits per heavy atom. The van der Waals surface area contributed by atoms with Gasteiger partial charge in [-0.25, -0.2) is 0 Å². The summed E-state index contributed by atoms with van der Waals surface area (Å²) in [4.78, 5) is 15.0. The number of ketones is 1. The van der Waals surface area contributed by atoms with Crippen LogP contribution in [0.5, 0.6) is 17.2 Å². The number of methoxy groups -OCH3 is 2. The molecule has 0 aliphatic rings. The van der Waals surface area contributed by atoms with Crippen molar-refractivity contribution in [3.63, 3.8) is 0 Å². The van der Waals surface area contributed by atoms with Gasteiger partial charge in [0.05, 0.1) is 19.8 Å². The van der Waals surface area contributed by atoms with Crippen LogP contribution in [0, 0.1) is 0 Å². The minimum atomic E-state index is -0.377. The summed E-state index contributed by atoms with van der Waals surface area (Å²) < 4.78 is 10.8. The second-order valence-corrected chi connectivity index (χ2v) is 6.57. The van der Waals surface area contributed by atoms with Crippen molar-refractivity contribution in [3.05, 3.63) is 58.1 Å². The second kappa shape index (κ2) is 10.2. The van der Waals surface area contributed by atoms with Crippen molar-refractivity contribution in [1.29, 1.82) is 0 Å². The number of allylic oxidation sites excluding steroid dienone is 1. The van der Waals surface area contributed by atoms with Gasteiger partial charge in [0, 0.05) is 17.6 Å². The van der Waals surface area contributed by atoms with Crippen LogP contribution in [0.25, 0.3) is 6.08 Å². The SMILES string of the molecule is CCN(CC)Cc1c(OC)cc(OC)c(C(=O)/C=C/c2ccccc2Cl)c1O. The van der Waals surface area contributed by atoms with Crippen molar-refractivity contribution < 1.29 is 19.4 Å². The van der Waals surface area contributed by atoms with Crippen LogP contribution < -0.4 is 9.47 Å². The molecule has 6 heteroatoms. The molecule has 2 aromatic rings. The van der Waals surface area contributed by atoms with E-state index in [0.717, 1.165) is 13.1 Å².